The monoisotopic (exact) mass is 306 g/mol. The SMILES string of the molecule is CC(c1ccccc1)C(Cl)c1cc(Cl)cc2c1OCC2. The van der Waals surface area contributed by atoms with Crippen LogP contribution < -0.4 is 4.74 Å². The molecule has 20 heavy (non-hydrogen) atoms. The van der Waals surface area contributed by atoms with Gasteiger partial charge in [-0.15, -0.1) is 11.6 Å². The molecule has 0 spiro atoms. The topological polar surface area (TPSA) is 9.23 Å². The second-order valence-corrected chi connectivity index (χ2v) is 6.09. The Bertz CT molecular complexity index is 610. The molecule has 2 atom stereocenters. The van der Waals surface area contributed by atoms with Gasteiger partial charge in [0.1, 0.15) is 5.75 Å². The Kier molecular flexibility index (Phi) is 3.91. The number of fused-ring (bicyclic) bond motifs is 1. The molecule has 2 aromatic carbocycles. The minimum Gasteiger partial charge on any atom is -0.493 e. The van der Waals surface area contributed by atoms with Gasteiger partial charge < -0.3 is 4.74 Å². The molecule has 1 aliphatic rings. The third-order valence-corrected chi connectivity index (χ3v) is 4.67. The van der Waals surface area contributed by atoms with E-state index in [1.54, 1.807) is 0 Å². The summed E-state index contributed by atoms with van der Waals surface area (Å²) in [5.41, 5.74) is 3.39. The van der Waals surface area contributed by atoms with E-state index in [1.165, 1.54) is 11.1 Å². The Morgan fingerprint density at radius 1 is 1.15 bits per heavy atom. The lowest BCUT2D eigenvalue weighted by atomic mass is 9.92. The van der Waals surface area contributed by atoms with Crippen LogP contribution >= 0.6 is 23.2 Å². The van der Waals surface area contributed by atoms with Crippen molar-refractivity contribution in [3.63, 3.8) is 0 Å². The molecule has 2 aromatic rings. The Morgan fingerprint density at radius 2 is 1.90 bits per heavy atom. The number of hydrogen-bond donors (Lipinski definition) is 0. The first-order valence-electron chi connectivity index (χ1n) is 6.81. The van der Waals surface area contributed by atoms with Gasteiger partial charge in [-0.25, -0.2) is 0 Å². The molecule has 0 radical (unpaired) electrons. The predicted octanol–water partition coefficient (Wildman–Crippen LogP) is 5.36. The molecule has 3 rings (SSSR count). The molecule has 0 saturated heterocycles. The maximum atomic E-state index is 6.71. The summed E-state index contributed by atoms with van der Waals surface area (Å²) in [5.74, 6) is 1.13. The summed E-state index contributed by atoms with van der Waals surface area (Å²) in [6, 6.07) is 14.2. The molecule has 1 nitrogen and oxygen atoms in total. The van der Waals surface area contributed by atoms with Gasteiger partial charge in [0.15, 0.2) is 0 Å². The van der Waals surface area contributed by atoms with Crippen LogP contribution in [0.2, 0.25) is 5.02 Å². The largest absolute Gasteiger partial charge is 0.493 e. The molecule has 0 N–H and O–H groups in total. The number of rotatable bonds is 3. The molecule has 0 aromatic heterocycles. The molecule has 1 aliphatic heterocycles. The fourth-order valence-corrected chi connectivity index (χ4v) is 3.25. The van der Waals surface area contributed by atoms with Crippen LogP contribution in [0.1, 0.15) is 34.9 Å². The van der Waals surface area contributed by atoms with E-state index in [-0.39, 0.29) is 11.3 Å². The van der Waals surface area contributed by atoms with E-state index in [0.717, 1.165) is 22.8 Å². The number of alkyl halides is 1. The lowest BCUT2D eigenvalue weighted by Crippen LogP contribution is -2.04. The van der Waals surface area contributed by atoms with Crippen LogP contribution in [0.25, 0.3) is 0 Å². The van der Waals surface area contributed by atoms with Gasteiger partial charge in [-0.05, 0) is 23.3 Å². The standard InChI is InChI=1S/C17H16Cl2O/c1-11(12-5-3-2-4-6-12)16(19)15-10-14(18)9-13-7-8-20-17(13)15/h2-6,9-11,16H,7-8H2,1H3. The van der Waals surface area contributed by atoms with Crippen molar-refractivity contribution in [1.82, 2.24) is 0 Å². The summed E-state index contributed by atoms with van der Waals surface area (Å²) in [5, 5.41) is 0.582. The van der Waals surface area contributed by atoms with Crippen LogP contribution in [0, 0.1) is 0 Å². The van der Waals surface area contributed by atoms with Crippen molar-refractivity contribution in [3.05, 3.63) is 64.2 Å². The molecule has 3 heteroatoms. The van der Waals surface area contributed by atoms with Crippen LogP contribution in [0.3, 0.4) is 0 Å². The summed E-state index contributed by atoms with van der Waals surface area (Å²) in [7, 11) is 0. The minimum atomic E-state index is -0.150. The highest BCUT2D eigenvalue weighted by Gasteiger charge is 2.26. The maximum absolute atomic E-state index is 6.71. The summed E-state index contributed by atoms with van der Waals surface area (Å²) in [6.07, 6.45) is 0.909. The molecule has 2 unspecified atom stereocenters. The van der Waals surface area contributed by atoms with Crippen LogP contribution in [-0.4, -0.2) is 6.61 Å². The quantitative estimate of drug-likeness (QED) is 0.694. The number of halogens is 2. The second-order valence-electron chi connectivity index (χ2n) is 5.18. The van der Waals surface area contributed by atoms with Crippen molar-refractivity contribution in [1.29, 1.82) is 0 Å². The van der Waals surface area contributed by atoms with Crippen molar-refractivity contribution >= 4 is 23.2 Å². The zero-order valence-corrected chi connectivity index (χ0v) is 12.8. The summed E-state index contributed by atoms with van der Waals surface area (Å²) in [6.45, 7) is 2.85. The average molecular weight is 307 g/mol. The Labute approximate surface area is 129 Å². The Morgan fingerprint density at radius 3 is 2.65 bits per heavy atom. The van der Waals surface area contributed by atoms with Crippen molar-refractivity contribution in [2.75, 3.05) is 6.61 Å². The van der Waals surface area contributed by atoms with Gasteiger partial charge in [0.2, 0.25) is 0 Å². The van der Waals surface area contributed by atoms with Crippen LogP contribution in [-0.2, 0) is 6.42 Å². The summed E-state index contributed by atoms with van der Waals surface area (Å²) < 4.78 is 5.75. The molecule has 104 valence electrons. The van der Waals surface area contributed by atoms with Crippen molar-refractivity contribution in [3.8, 4) is 5.75 Å². The normalized spacial score (nSPS) is 16.4. The summed E-state index contributed by atoms with van der Waals surface area (Å²) in [4.78, 5) is 0. The molecule has 0 bridgehead atoms. The molecule has 1 heterocycles. The van der Waals surface area contributed by atoms with E-state index in [4.69, 9.17) is 27.9 Å². The number of benzene rings is 2. The first-order valence-corrected chi connectivity index (χ1v) is 7.62. The van der Waals surface area contributed by atoms with E-state index in [1.807, 2.05) is 30.3 Å². The van der Waals surface area contributed by atoms with Crippen molar-refractivity contribution in [2.45, 2.75) is 24.6 Å². The molecular weight excluding hydrogens is 291 g/mol. The van der Waals surface area contributed by atoms with Crippen molar-refractivity contribution < 1.29 is 4.74 Å². The second kappa shape index (κ2) is 5.67. The highest BCUT2D eigenvalue weighted by Crippen LogP contribution is 2.44. The third kappa shape index (κ3) is 2.53. The van der Waals surface area contributed by atoms with E-state index < -0.39 is 0 Å². The van der Waals surface area contributed by atoms with E-state index >= 15 is 0 Å². The molecule has 0 aliphatic carbocycles. The number of hydrogen-bond acceptors (Lipinski definition) is 1. The zero-order valence-electron chi connectivity index (χ0n) is 11.3. The molecule has 0 saturated carbocycles. The van der Waals surface area contributed by atoms with Crippen LogP contribution in [0.4, 0.5) is 0 Å². The van der Waals surface area contributed by atoms with Gasteiger partial charge in [-0.3, -0.25) is 0 Å². The minimum absolute atomic E-state index is 0.150. The fraction of sp³-hybridized carbons (Fsp3) is 0.294. The van der Waals surface area contributed by atoms with Gasteiger partial charge >= 0.3 is 0 Å². The third-order valence-electron chi connectivity index (χ3n) is 3.84. The summed E-state index contributed by atoms with van der Waals surface area (Å²) >= 11 is 12.9. The molecular formula is C17H16Cl2O. The van der Waals surface area contributed by atoms with Crippen LogP contribution in [0.5, 0.6) is 5.75 Å². The number of ether oxygens (including phenoxy) is 1. The van der Waals surface area contributed by atoms with Crippen LogP contribution in [0.15, 0.2) is 42.5 Å². The first-order chi connectivity index (χ1) is 9.66. The lowest BCUT2D eigenvalue weighted by Gasteiger charge is -2.21. The first kappa shape index (κ1) is 13.8. The smallest absolute Gasteiger partial charge is 0.127 e. The Balaban J connectivity index is 1.97. The zero-order chi connectivity index (χ0) is 14.1. The highest BCUT2D eigenvalue weighted by atomic mass is 35.5. The van der Waals surface area contributed by atoms with Gasteiger partial charge in [-0.1, -0.05) is 48.9 Å². The van der Waals surface area contributed by atoms with E-state index in [2.05, 4.69) is 19.1 Å². The van der Waals surface area contributed by atoms with Gasteiger partial charge in [0.05, 0.1) is 12.0 Å². The van der Waals surface area contributed by atoms with E-state index in [0.29, 0.717) is 6.61 Å². The van der Waals surface area contributed by atoms with Crippen molar-refractivity contribution in [2.24, 2.45) is 0 Å². The molecule has 0 amide bonds. The van der Waals surface area contributed by atoms with Gasteiger partial charge in [-0.2, -0.15) is 0 Å². The highest BCUT2D eigenvalue weighted by molar-refractivity contribution is 6.31. The maximum Gasteiger partial charge on any atom is 0.127 e. The Hall–Kier alpha value is -1.18. The van der Waals surface area contributed by atoms with Gasteiger partial charge in [0, 0.05) is 22.9 Å². The fourth-order valence-electron chi connectivity index (χ4n) is 2.70. The lowest BCUT2D eigenvalue weighted by molar-refractivity contribution is 0.352. The van der Waals surface area contributed by atoms with Gasteiger partial charge in [0.25, 0.3) is 0 Å². The van der Waals surface area contributed by atoms with E-state index in [9.17, 15) is 0 Å². The predicted molar refractivity (Wildman–Crippen MR) is 84.1 cm³/mol. The molecule has 0 fully saturated rings. The average Bonchev–Trinajstić information content (AvgIpc) is 2.94.